The summed E-state index contributed by atoms with van der Waals surface area (Å²) in [6, 6.07) is 6.44. The highest BCUT2D eigenvalue weighted by Crippen LogP contribution is 2.25. The van der Waals surface area contributed by atoms with Crippen molar-refractivity contribution in [2.45, 2.75) is 26.4 Å². The van der Waals surface area contributed by atoms with Gasteiger partial charge in [0.05, 0.1) is 37.5 Å². The molecule has 3 amide bonds. The number of amides is 3. The molecule has 1 aromatic rings. The van der Waals surface area contributed by atoms with Gasteiger partial charge in [-0.25, -0.2) is 9.80 Å². The first-order valence-electron chi connectivity index (χ1n) is 8.31. The maximum absolute atomic E-state index is 12.6. The maximum Gasteiger partial charge on any atom is 0.429 e. The molecule has 0 saturated heterocycles. The SMILES string of the molecule is COCCOCCN(C(=O)OC(C)(C)C)N1C(=O)c2ccccc2C1=O. The molecule has 0 N–H and O–H groups in total. The van der Waals surface area contributed by atoms with E-state index in [4.69, 9.17) is 14.2 Å². The highest BCUT2D eigenvalue weighted by molar-refractivity contribution is 6.21. The fourth-order valence-corrected chi connectivity index (χ4v) is 2.38. The van der Waals surface area contributed by atoms with E-state index in [0.29, 0.717) is 13.2 Å². The molecular formula is C18H24N2O6. The van der Waals surface area contributed by atoms with Crippen molar-refractivity contribution in [2.24, 2.45) is 0 Å². The number of nitrogens with zero attached hydrogens (tertiary/aromatic N) is 2. The van der Waals surface area contributed by atoms with Crippen LogP contribution >= 0.6 is 0 Å². The van der Waals surface area contributed by atoms with Gasteiger partial charge in [0.2, 0.25) is 0 Å². The van der Waals surface area contributed by atoms with Crippen LogP contribution in [-0.2, 0) is 14.2 Å². The number of hydrogen-bond donors (Lipinski definition) is 0. The molecule has 1 aliphatic rings. The quantitative estimate of drug-likeness (QED) is 0.544. The minimum absolute atomic E-state index is 0.00983. The summed E-state index contributed by atoms with van der Waals surface area (Å²) in [6.45, 7) is 5.97. The standard InChI is InChI=1S/C18H24N2O6/c1-18(2,3)26-17(23)19(9-10-25-12-11-24-4)20-15(21)13-7-5-6-8-14(13)16(20)22/h5-8H,9-12H2,1-4H3. The Balaban J connectivity index is 2.19. The fourth-order valence-electron chi connectivity index (χ4n) is 2.38. The van der Waals surface area contributed by atoms with Gasteiger partial charge in [0.1, 0.15) is 5.60 Å². The van der Waals surface area contributed by atoms with Crippen LogP contribution in [0, 0.1) is 0 Å². The average molecular weight is 364 g/mol. The van der Waals surface area contributed by atoms with Crippen molar-refractivity contribution < 1.29 is 28.6 Å². The number of carbonyl (C=O) groups is 3. The highest BCUT2D eigenvalue weighted by atomic mass is 16.6. The molecule has 0 atom stereocenters. The lowest BCUT2D eigenvalue weighted by Crippen LogP contribution is -2.52. The van der Waals surface area contributed by atoms with Gasteiger partial charge in [-0.05, 0) is 32.9 Å². The van der Waals surface area contributed by atoms with E-state index in [0.717, 1.165) is 10.0 Å². The van der Waals surface area contributed by atoms with E-state index in [-0.39, 0.29) is 24.3 Å². The molecule has 0 unspecified atom stereocenters. The van der Waals surface area contributed by atoms with Gasteiger partial charge in [0.25, 0.3) is 11.8 Å². The first-order valence-corrected chi connectivity index (χ1v) is 8.31. The first-order chi connectivity index (χ1) is 12.3. The average Bonchev–Trinajstić information content (AvgIpc) is 2.81. The second kappa shape index (κ2) is 8.29. The number of rotatable bonds is 7. The Labute approximate surface area is 152 Å². The lowest BCUT2D eigenvalue weighted by Gasteiger charge is -2.31. The van der Waals surface area contributed by atoms with Crippen molar-refractivity contribution in [2.75, 3.05) is 33.5 Å². The van der Waals surface area contributed by atoms with Gasteiger partial charge in [0.15, 0.2) is 0 Å². The number of imide groups is 1. The summed E-state index contributed by atoms with van der Waals surface area (Å²) in [6.07, 6.45) is -0.789. The van der Waals surface area contributed by atoms with Crippen LogP contribution < -0.4 is 0 Å². The molecule has 2 rings (SSSR count). The number of fused-ring (bicyclic) bond motifs is 1. The van der Waals surface area contributed by atoms with Crippen LogP contribution in [0.4, 0.5) is 4.79 Å². The topological polar surface area (TPSA) is 85.4 Å². The number of benzene rings is 1. The largest absolute Gasteiger partial charge is 0.442 e. The highest BCUT2D eigenvalue weighted by Gasteiger charge is 2.42. The third-order valence-electron chi connectivity index (χ3n) is 3.50. The van der Waals surface area contributed by atoms with Crippen molar-refractivity contribution in [1.29, 1.82) is 0 Å². The molecular weight excluding hydrogens is 340 g/mol. The molecule has 26 heavy (non-hydrogen) atoms. The van der Waals surface area contributed by atoms with Crippen LogP contribution in [0.3, 0.4) is 0 Å². The monoisotopic (exact) mass is 364 g/mol. The van der Waals surface area contributed by atoms with Gasteiger partial charge >= 0.3 is 6.09 Å². The molecule has 8 heteroatoms. The van der Waals surface area contributed by atoms with Crippen LogP contribution in [0.25, 0.3) is 0 Å². The minimum Gasteiger partial charge on any atom is -0.442 e. The summed E-state index contributed by atoms with van der Waals surface area (Å²) in [5.41, 5.74) is -0.261. The number of hydrazine groups is 1. The smallest absolute Gasteiger partial charge is 0.429 e. The lowest BCUT2D eigenvalue weighted by atomic mass is 10.1. The fraction of sp³-hybridized carbons (Fsp3) is 0.500. The summed E-state index contributed by atoms with van der Waals surface area (Å²) in [7, 11) is 1.55. The zero-order valence-corrected chi connectivity index (χ0v) is 15.5. The van der Waals surface area contributed by atoms with Gasteiger partial charge in [-0.3, -0.25) is 9.59 Å². The molecule has 0 saturated carbocycles. The van der Waals surface area contributed by atoms with Crippen LogP contribution in [0.1, 0.15) is 41.5 Å². The van der Waals surface area contributed by atoms with Crippen LogP contribution in [0.5, 0.6) is 0 Å². The van der Waals surface area contributed by atoms with Crippen molar-refractivity contribution in [3.8, 4) is 0 Å². The van der Waals surface area contributed by atoms with Crippen molar-refractivity contribution in [3.63, 3.8) is 0 Å². The molecule has 8 nitrogen and oxygen atoms in total. The molecule has 0 bridgehead atoms. The molecule has 0 aliphatic carbocycles. The Morgan fingerprint density at radius 2 is 1.62 bits per heavy atom. The van der Waals surface area contributed by atoms with Crippen LogP contribution in [0.2, 0.25) is 0 Å². The minimum atomic E-state index is -0.789. The Morgan fingerprint density at radius 3 is 2.12 bits per heavy atom. The molecule has 1 aliphatic heterocycles. The first kappa shape index (κ1) is 19.9. The Hall–Kier alpha value is -2.45. The Kier molecular flexibility index (Phi) is 6.33. The van der Waals surface area contributed by atoms with E-state index < -0.39 is 23.5 Å². The zero-order chi connectivity index (χ0) is 19.3. The molecule has 142 valence electrons. The molecule has 0 aromatic heterocycles. The van der Waals surface area contributed by atoms with E-state index in [2.05, 4.69) is 0 Å². The second-order valence-electron chi connectivity index (χ2n) is 6.68. The van der Waals surface area contributed by atoms with Gasteiger partial charge < -0.3 is 14.2 Å². The molecule has 1 heterocycles. The zero-order valence-electron chi connectivity index (χ0n) is 15.5. The van der Waals surface area contributed by atoms with Crippen molar-refractivity contribution in [3.05, 3.63) is 35.4 Å². The lowest BCUT2D eigenvalue weighted by molar-refractivity contribution is -0.0390. The molecule has 0 spiro atoms. The summed E-state index contributed by atoms with van der Waals surface area (Å²) >= 11 is 0. The molecule has 0 fully saturated rings. The van der Waals surface area contributed by atoms with E-state index in [1.165, 1.54) is 0 Å². The number of carbonyl (C=O) groups excluding carboxylic acids is 3. The van der Waals surface area contributed by atoms with Gasteiger partial charge in [-0.2, -0.15) is 5.01 Å². The van der Waals surface area contributed by atoms with E-state index in [1.54, 1.807) is 52.1 Å². The van der Waals surface area contributed by atoms with Crippen molar-refractivity contribution >= 4 is 17.9 Å². The van der Waals surface area contributed by atoms with Gasteiger partial charge in [-0.1, -0.05) is 12.1 Å². The van der Waals surface area contributed by atoms with E-state index in [9.17, 15) is 14.4 Å². The molecule has 1 aromatic carbocycles. The summed E-state index contributed by atoms with van der Waals surface area (Å²) in [5, 5.41) is 1.81. The summed E-state index contributed by atoms with van der Waals surface area (Å²) in [5.74, 6) is -1.12. The van der Waals surface area contributed by atoms with E-state index in [1.807, 2.05) is 0 Å². The van der Waals surface area contributed by atoms with Crippen LogP contribution in [0.15, 0.2) is 24.3 Å². The predicted molar refractivity (Wildman–Crippen MR) is 92.6 cm³/mol. The number of hydrogen-bond acceptors (Lipinski definition) is 6. The van der Waals surface area contributed by atoms with Crippen LogP contribution in [-0.4, -0.2) is 67.0 Å². The summed E-state index contributed by atoms with van der Waals surface area (Å²) in [4.78, 5) is 37.9. The molecule has 0 radical (unpaired) electrons. The Bertz CT molecular complexity index is 648. The third-order valence-corrected chi connectivity index (χ3v) is 3.50. The maximum atomic E-state index is 12.6. The second-order valence-corrected chi connectivity index (χ2v) is 6.68. The van der Waals surface area contributed by atoms with Crippen molar-refractivity contribution in [1.82, 2.24) is 10.0 Å². The third kappa shape index (κ3) is 4.59. The summed E-state index contributed by atoms with van der Waals surface area (Å²) < 4.78 is 15.6. The predicted octanol–water partition coefficient (Wildman–Crippen LogP) is 2.10. The van der Waals surface area contributed by atoms with Gasteiger partial charge in [0, 0.05) is 7.11 Å². The van der Waals surface area contributed by atoms with E-state index >= 15 is 0 Å². The number of ether oxygens (including phenoxy) is 3. The normalized spacial score (nSPS) is 13.8. The number of methoxy groups -OCH3 is 1. The Morgan fingerprint density at radius 1 is 1.04 bits per heavy atom. The van der Waals surface area contributed by atoms with Gasteiger partial charge in [-0.15, -0.1) is 0 Å².